The first kappa shape index (κ1) is 20.0. The first-order valence-electron chi connectivity index (χ1n) is 9.40. The van der Waals surface area contributed by atoms with Crippen molar-refractivity contribution in [2.24, 2.45) is 0 Å². The summed E-state index contributed by atoms with van der Waals surface area (Å²) in [5, 5.41) is 6.66. The van der Waals surface area contributed by atoms with Crippen molar-refractivity contribution in [3.63, 3.8) is 0 Å². The minimum atomic E-state index is -3.39. The lowest BCUT2D eigenvalue weighted by atomic mass is 10.3. The average molecular weight is 411 g/mol. The molecule has 2 fully saturated rings. The van der Waals surface area contributed by atoms with E-state index in [0.717, 1.165) is 44.5 Å². The molecular weight excluding hydrogens is 384 g/mol. The van der Waals surface area contributed by atoms with E-state index in [4.69, 9.17) is 12.2 Å². The van der Waals surface area contributed by atoms with Crippen molar-refractivity contribution in [2.75, 3.05) is 38.0 Å². The lowest BCUT2D eigenvalue weighted by Gasteiger charge is -2.17. The van der Waals surface area contributed by atoms with Gasteiger partial charge in [-0.1, -0.05) is 0 Å². The maximum Gasteiger partial charge on any atom is 0.243 e. The number of amides is 1. The van der Waals surface area contributed by atoms with Crippen LogP contribution >= 0.6 is 12.2 Å². The summed E-state index contributed by atoms with van der Waals surface area (Å²) in [6.45, 7) is 3.47. The summed E-state index contributed by atoms with van der Waals surface area (Å²) < 4.78 is 26.6. The molecule has 0 aromatic heterocycles. The number of hydrogen-bond acceptors (Lipinski definition) is 4. The van der Waals surface area contributed by atoms with Crippen LogP contribution in [0, 0.1) is 0 Å². The van der Waals surface area contributed by atoms with Gasteiger partial charge in [0.25, 0.3) is 0 Å². The Morgan fingerprint density at radius 1 is 1.07 bits per heavy atom. The Labute approximate surface area is 166 Å². The smallest absolute Gasteiger partial charge is 0.243 e. The van der Waals surface area contributed by atoms with E-state index in [2.05, 4.69) is 10.6 Å². The first-order chi connectivity index (χ1) is 13.0. The number of sulfonamides is 1. The fourth-order valence-corrected chi connectivity index (χ4v) is 5.11. The number of nitrogens with zero attached hydrogens (tertiary/aromatic N) is 2. The van der Waals surface area contributed by atoms with Crippen molar-refractivity contribution in [1.29, 1.82) is 0 Å². The molecule has 0 aliphatic carbocycles. The molecule has 0 saturated carbocycles. The van der Waals surface area contributed by atoms with Crippen molar-refractivity contribution in [3.8, 4) is 0 Å². The third kappa shape index (κ3) is 5.18. The van der Waals surface area contributed by atoms with E-state index in [9.17, 15) is 13.2 Å². The van der Waals surface area contributed by atoms with Crippen LogP contribution in [0.25, 0.3) is 0 Å². The third-order valence-electron chi connectivity index (χ3n) is 4.88. The van der Waals surface area contributed by atoms with Gasteiger partial charge in [-0.2, -0.15) is 4.31 Å². The minimum Gasteiger partial charge on any atom is -0.362 e. The van der Waals surface area contributed by atoms with Crippen molar-refractivity contribution >= 4 is 38.9 Å². The SMILES string of the molecule is O=C1CCCN1CCCNC(=S)Nc1ccc(S(=O)(=O)N2CCCC2)cc1. The second-order valence-electron chi connectivity index (χ2n) is 6.85. The van der Waals surface area contributed by atoms with Crippen LogP contribution in [0.15, 0.2) is 29.2 Å². The number of benzene rings is 1. The van der Waals surface area contributed by atoms with E-state index in [1.807, 2.05) is 4.90 Å². The molecule has 1 amide bonds. The molecule has 1 aromatic rings. The van der Waals surface area contributed by atoms with Gasteiger partial charge in [-0.3, -0.25) is 4.79 Å². The molecule has 2 aliphatic heterocycles. The largest absolute Gasteiger partial charge is 0.362 e. The van der Waals surface area contributed by atoms with E-state index < -0.39 is 10.0 Å². The topological polar surface area (TPSA) is 81.8 Å². The highest BCUT2D eigenvalue weighted by molar-refractivity contribution is 7.89. The van der Waals surface area contributed by atoms with Gasteiger partial charge in [0.15, 0.2) is 5.11 Å². The van der Waals surface area contributed by atoms with E-state index in [0.29, 0.717) is 36.1 Å². The molecule has 9 heteroatoms. The van der Waals surface area contributed by atoms with Crippen LogP contribution in [-0.2, 0) is 14.8 Å². The fraction of sp³-hybridized carbons (Fsp3) is 0.556. The third-order valence-corrected chi connectivity index (χ3v) is 7.04. The zero-order valence-electron chi connectivity index (χ0n) is 15.3. The number of nitrogens with one attached hydrogen (secondary N) is 2. The summed E-state index contributed by atoms with van der Waals surface area (Å²) in [4.78, 5) is 13.7. The summed E-state index contributed by atoms with van der Waals surface area (Å²) in [6, 6.07) is 6.66. The molecule has 7 nitrogen and oxygen atoms in total. The lowest BCUT2D eigenvalue weighted by molar-refractivity contribution is -0.127. The summed E-state index contributed by atoms with van der Waals surface area (Å²) >= 11 is 5.27. The first-order valence-corrected chi connectivity index (χ1v) is 11.2. The van der Waals surface area contributed by atoms with E-state index >= 15 is 0 Å². The second kappa shape index (κ2) is 8.99. The molecule has 0 unspecified atom stereocenters. The normalized spacial score (nSPS) is 18.1. The zero-order chi connectivity index (χ0) is 19.3. The van der Waals surface area contributed by atoms with Gasteiger partial charge >= 0.3 is 0 Å². The molecular formula is C18H26N4O3S2. The van der Waals surface area contributed by atoms with Crippen molar-refractivity contribution in [2.45, 2.75) is 37.0 Å². The van der Waals surface area contributed by atoms with Crippen LogP contribution in [-0.4, -0.2) is 61.4 Å². The second-order valence-corrected chi connectivity index (χ2v) is 9.20. The van der Waals surface area contributed by atoms with Crippen LogP contribution in [0.5, 0.6) is 0 Å². The van der Waals surface area contributed by atoms with Crippen LogP contribution in [0.3, 0.4) is 0 Å². The predicted molar refractivity (Wildman–Crippen MR) is 109 cm³/mol. The van der Waals surface area contributed by atoms with Crippen LogP contribution in [0.1, 0.15) is 32.1 Å². The number of rotatable bonds is 7. The molecule has 148 valence electrons. The summed E-state index contributed by atoms with van der Waals surface area (Å²) in [5.74, 6) is 0.236. The predicted octanol–water partition coefficient (Wildman–Crippen LogP) is 1.77. The molecule has 2 saturated heterocycles. The molecule has 1 aromatic carbocycles. The molecule has 0 radical (unpaired) electrons. The standard InChI is InChI=1S/C18H26N4O3S2/c23-17-5-3-11-21(17)12-4-10-19-18(26)20-15-6-8-16(9-7-15)27(24,25)22-13-1-2-14-22/h6-9H,1-5,10-14H2,(H2,19,20,26). The number of hydrogen-bond donors (Lipinski definition) is 2. The highest BCUT2D eigenvalue weighted by Gasteiger charge is 2.26. The Hall–Kier alpha value is -1.71. The van der Waals surface area contributed by atoms with Crippen LogP contribution in [0.4, 0.5) is 5.69 Å². The van der Waals surface area contributed by atoms with Gasteiger partial charge < -0.3 is 15.5 Å². The molecule has 0 bridgehead atoms. The number of carbonyl (C=O) groups excluding carboxylic acids is 1. The Balaban J connectivity index is 1.43. The highest BCUT2D eigenvalue weighted by atomic mass is 32.2. The van der Waals surface area contributed by atoms with Crippen molar-refractivity contribution in [3.05, 3.63) is 24.3 Å². The van der Waals surface area contributed by atoms with Gasteiger partial charge in [0, 0.05) is 44.8 Å². The minimum absolute atomic E-state index is 0.236. The van der Waals surface area contributed by atoms with Crippen LogP contribution in [0.2, 0.25) is 0 Å². The molecule has 2 heterocycles. The molecule has 2 N–H and O–H groups in total. The lowest BCUT2D eigenvalue weighted by Crippen LogP contribution is -2.32. The quantitative estimate of drug-likeness (QED) is 0.527. The zero-order valence-corrected chi connectivity index (χ0v) is 16.9. The number of carbonyl (C=O) groups is 1. The van der Waals surface area contributed by atoms with Gasteiger partial charge in [-0.15, -0.1) is 0 Å². The van der Waals surface area contributed by atoms with Crippen LogP contribution < -0.4 is 10.6 Å². The van der Waals surface area contributed by atoms with E-state index in [1.54, 1.807) is 24.3 Å². The number of likely N-dealkylation sites (tertiary alicyclic amines) is 1. The molecule has 0 atom stereocenters. The monoisotopic (exact) mass is 410 g/mol. The van der Waals surface area contributed by atoms with Gasteiger partial charge in [0.2, 0.25) is 15.9 Å². The summed E-state index contributed by atoms with van der Waals surface area (Å²) in [7, 11) is -3.39. The van der Waals surface area contributed by atoms with Gasteiger partial charge in [0.05, 0.1) is 4.90 Å². The Kier molecular flexibility index (Phi) is 6.67. The van der Waals surface area contributed by atoms with E-state index in [-0.39, 0.29) is 5.91 Å². The van der Waals surface area contributed by atoms with Gasteiger partial charge in [0.1, 0.15) is 0 Å². The maximum absolute atomic E-state index is 12.5. The Bertz CT molecular complexity index is 774. The van der Waals surface area contributed by atoms with E-state index in [1.165, 1.54) is 4.31 Å². The number of thiocarbonyl (C=S) groups is 1. The fourth-order valence-electron chi connectivity index (χ4n) is 3.38. The number of anilines is 1. The molecule has 27 heavy (non-hydrogen) atoms. The van der Waals surface area contributed by atoms with Gasteiger partial charge in [-0.25, -0.2) is 8.42 Å². The molecule has 3 rings (SSSR count). The highest BCUT2D eigenvalue weighted by Crippen LogP contribution is 2.22. The summed E-state index contributed by atoms with van der Waals surface area (Å²) in [5.41, 5.74) is 0.739. The average Bonchev–Trinajstić information content (AvgIpc) is 3.32. The van der Waals surface area contributed by atoms with Crippen molar-refractivity contribution < 1.29 is 13.2 Å². The Morgan fingerprint density at radius 2 is 1.78 bits per heavy atom. The van der Waals surface area contributed by atoms with Crippen molar-refractivity contribution in [1.82, 2.24) is 14.5 Å². The molecule has 0 spiro atoms. The Morgan fingerprint density at radius 3 is 2.41 bits per heavy atom. The summed E-state index contributed by atoms with van der Waals surface area (Å²) in [6.07, 6.45) is 4.29. The maximum atomic E-state index is 12.5. The molecule has 2 aliphatic rings. The van der Waals surface area contributed by atoms with Gasteiger partial charge in [-0.05, 0) is 62.2 Å².